The molecule has 0 fully saturated rings. The maximum Gasteiger partial charge on any atom is 0.503 e. The Morgan fingerprint density at radius 2 is 1.00 bits per heavy atom. The van der Waals surface area contributed by atoms with Gasteiger partial charge in [0.05, 0.1) is 0 Å². The van der Waals surface area contributed by atoms with E-state index in [1.54, 1.807) is 21.3 Å². The molecule has 0 radical (unpaired) electrons. The van der Waals surface area contributed by atoms with Crippen molar-refractivity contribution in [2.75, 3.05) is 21.3 Å². The molecule has 0 N–H and O–H groups in total. The minimum atomic E-state index is -2.44. The van der Waals surface area contributed by atoms with Gasteiger partial charge in [-0.3, -0.25) is 0 Å². The third-order valence-electron chi connectivity index (χ3n) is 5.00. The van der Waals surface area contributed by atoms with Crippen molar-refractivity contribution >= 4 is 8.80 Å². The van der Waals surface area contributed by atoms with E-state index < -0.39 is 8.80 Å². The average molecular weight is 347 g/mol. The molecule has 1 unspecified atom stereocenters. The van der Waals surface area contributed by atoms with E-state index in [1.807, 2.05) is 0 Å². The van der Waals surface area contributed by atoms with E-state index in [2.05, 4.69) is 13.8 Å². The molecule has 0 aliphatic heterocycles. The van der Waals surface area contributed by atoms with E-state index in [9.17, 15) is 0 Å². The van der Waals surface area contributed by atoms with Gasteiger partial charge >= 0.3 is 8.80 Å². The lowest BCUT2D eigenvalue weighted by Crippen LogP contribution is -2.47. The van der Waals surface area contributed by atoms with Crippen molar-refractivity contribution in [2.24, 2.45) is 0 Å². The molecular formula is C19H42O3Si. The Hall–Kier alpha value is 0.0969. The lowest BCUT2D eigenvalue weighted by Gasteiger charge is -2.31. The SMILES string of the molecule is CCCCCCCCCCCCCC(CC)[Si](OC)(OC)OC. The monoisotopic (exact) mass is 346 g/mol. The zero-order chi connectivity index (χ0) is 17.4. The molecule has 1 atom stereocenters. The second kappa shape index (κ2) is 15.6. The predicted molar refractivity (Wildman–Crippen MR) is 102 cm³/mol. The fourth-order valence-corrected chi connectivity index (χ4v) is 5.99. The lowest BCUT2D eigenvalue weighted by atomic mass is 10.0. The molecule has 0 heterocycles. The molecule has 0 saturated carbocycles. The Labute approximate surface area is 146 Å². The van der Waals surface area contributed by atoms with Crippen molar-refractivity contribution in [3.8, 4) is 0 Å². The maximum atomic E-state index is 5.63. The highest BCUT2D eigenvalue weighted by Crippen LogP contribution is 2.32. The molecule has 0 aliphatic rings. The minimum absolute atomic E-state index is 0.432. The summed E-state index contributed by atoms with van der Waals surface area (Å²) in [7, 11) is 2.73. The Kier molecular flexibility index (Phi) is 15.7. The van der Waals surface area contributed by atoms with Crippen molar-refractivity contribution in [3.05, 3.63) is 0 Å². The molecule has 0 aliphatic carbocycles. The summed E-state index contributed by atoms with van der Waals surface area (Å²) in [5.74, 6) is 0. The Morgan fingerprint density at radius 3 is 1.35 bits per heavy atom. The molecule has 23 heavy (non-hydrogen) atoms. The summed E-state index contributed by atoms with van der Waals surface area (Å²) >= 11 is 0. The first kappa shape index (κ1) is 23.1. The van der Waals surface area contributed by atoms with Crippen LogP contribution in [0.4, 0.5) is 0 Å². The van der Waals surface area contributed by atoms with Gasteiger partial charge in [-0.1, -0.05) is 84.5 Å². The van der Waals surface area contributed by atoms with Crippen LogP contribution in [0, 0.1) is 0 Å². The van der Waals surface area contributed by atoms with Crippen LogP contribution in [0.2, 0.25) is 5.54 Å². The lowest BCUT2D eigenvalue weighted by molar-refractivity contribution is 0.108. The fraction of sp³-hybridized carbons (Fsp3) is 1.00. The highest BCUT2D eigenvalue weighted by atomic mass is 28.4. The standard InChI is InChI=1S/C19H42O3Si/c1-6-8-9-10-11-12-13-14-15-16-17-18-19(7-2)23(20-3,21-4)22-5/h19H,6-18H2,1-5H3. The molecule has 0 aromatic rings. The minimum Gasteiger partial charge on any atom is -0.377 e. The van der Waals surface area contributed by atoms with Gasteiger partial charge in [0.25, 0.3) is 0 Å². The smallest absolute Gasteiger partial charge is 0.377 e. The highest BCUT2D eigenvalue weighted by molar-refractivity contribution is 6.62. The van der Waals surface area contributed by atoms with Crippen molar-refractivity contribution in [2.45, 2.75) is 103 Å². The largest absolute Gasteiger partial charge is 0.503 e. The highest BCUT2D eigenvalue weighted by Gasteiger charge is 2.45. The van der Waals surface area contributed by atoms with Crippen molar-refractivity contribution in [3.63, 3.8) is 0 Å². The van der Waals surface area contributed by atoms with E-state index in [0.29, 0.717) is 5.54 Å². The van der Waals surface area contributed by atoms with E-state index in [1.165, 1.54) is 70.6 Å². The van der Waals surface area contributed by atoms with Gasteiger partial charge < -0.3 is 13.3 Å². The van der Waals surface area contributed by atoms with Gasteiger partial charge in [0.15, 0.2) is 0 Å². The van der Waals surface area contributed by atoms with Crippen LogP contribution < -0.4 is 0 Å². The second-order valence-electron chi connectivity index (χ2n) is 6.65. The molecule has 0 aromatic heterocycles. The summed E-state index contributed by atoms with van der Waals surface area (Å²) in [5, 5.41) is 0. The molecule has 3 nitrogen and oxygen atoms in total. The van der Waals surface area contributed by atoms with Crippen LogP contribution in [-0.2, 0) is 13.3 Å². The summed E-state index contributed by atoms with van der Waals surface area (Å²) in [6, 6.07) is 0. The van der Waals surface area contributed by atoms with E-state index in [-0.39, 0.29) is 0 Å². The van der Waals surface area contributed by atoms with Gasteiger partial charge in [-0.15, -0.1) is 0 Å². The summed E-state index contributed by atoms with van der Waals surface area (Å²) in [6.45, 7) is 4.49. The molecule has 0 amide bonds. The zero-order valence-corrected chi connectivity index (χ0v) is 17.5. The molecule has 0 spiro atoms. The number of unbranched alkanes of at least 4 members (excludes halogenated alkanes) is 10. The van der Waals surface area contributed by atoms with Crippen LogP contribution in [0.3, 0.4) is 0 Å². The summed E-state index contributed by atoms with van der Waals surface area (Å²) in [5.41, 5.74) is 0.432. The summed E-state index contributed by atoms with van der Waals surface area (Å²) < 4.78 is 16.9. The molecule has 0 rings (SSSR count). The number of hydrogen-bond acceptors (Lipinski definition) is 3. The second-order valence-corrected chi connectivity index (χ2v) is 9.89. The van der Waals surface area contributed by atoms with E-state index in [0.717, 1.165) is 12.8 Å². The third-order valence-corrected chi connectivity index (χ3v) is 8.41. The van der Waals surface area contributed by atoms with Gasteiger partial charge in [-0.2, -0.15) is 0 Å². The number of rotatable bonds is 17. The van der Waals surface area contributed by atoms with E-state index in [4.69, 9.17) is 13.3 Å². The first-order valence-electron chi connectivity index (χ1n) is 9.86. The quantitative estimate of drug-likeness (QED) is 0.227. The van der Waals surface area contributed by atoms with E-state index >= 15 is 0 Å². The van der Waals surface area contributed by atoms with Crippen LogP contribution >= 0.6 is 0 Å². The molecule has 140 valence electrons. The van der Waals surface area contributed by atoms with Crippen molar-refractivity contribution < 1.29 is 13.3 Å². The molecule has 0 saturated heterocycles. The normalized spacial score (nSPS) is 13.4. The van der Waals surface area contributed by atoms with Gasteiger partial charge in [0.1, 0.15) is 0 Å². The maximum absolute atomic E-state index is 5.63. The Bertz CT molecular complexity index is 237. The Balaban J connectivity index is 3.65. The predicted octanol–water partition coefficient (Wildman–Crippen LogP) is 6.35. The third kappa shape index (κ3) is 9.85. The first-order chi connectivity index (χ1) is 11.2. The molecule has 4 heteroatoms. The summed E-state index contributed by atoms with van der Waals surface area (Å²) in [6.07, 6.45) is 17.5. The average Bonchev–Trinajstić information content (AvgIpc) is 2.59. The molecular weight excluding hydrogens is 304 g/mol. The van der Waals surface area contributed by atoms with Gasteiger partial charge in [-0.05, 0) is 12.8 Å². The van der Waals surface area contributed by atoms with Crippen LogP contribution in [0.1, 0.15) is 97.3 Å². The van der Waals surface area contributed by atoms with Crippen LogP contribution in [-0.4, -0.2) is 30.1 Å². The Morgan fingerprint density at radius 1 is 0.609 bits per heavy atom. The van der Waals surface area contributed by atoms with Crippen LogP contribution in [0.15, 0.2) is 0 Å². The zero-order valence-electron chi connectivity index (χ0n) is 16.5. The molecule has 0 aromatic carbocycles. The van der Waals surface area contributed by atoms with Gasteiger partial charge in [0.2, 0.25) is 0 Å². The van der Waals surface area contributed by atoms with Crippen LogP contribution in [0.25, 0.3) is 0 Å². The van der Waals surface area contributed by atoms with Crippen molar-refractivity contribution in [1.82, 2.24) is 0 Å². The van der Waals surface area contributed by atoms with Crippen LogP contribution in [0.5, 0.6) is 0 Å². The van der Waals surface area contributed by atoms with Gasteiger partial charge in [0, 0.05) is 26.9 Å². The summed E-state index contributed by atoms with van der Waals surface area (Å²) in [4.78, 5) is 0. The fourth-order valence-electron chi connectivity index (χ4n) is 3.44. The first-order valence-corrected chi connectivity index (χ1v) is 11.7. The van der Waals surface area contributed by atoms with Crippen molar-refractivity contribution in [1.29, 1.82) is 0 Å². The molecule has 0 bridgehead atoms. The topological polar surface area (TPSA) is 27.7 Å². The van der Waals surface area contributed by atoms with Gasteiger partial charge in [-0.25, -0.2) is 0 Å². The number of hydrogen-bond donors (Lipinski definition) is 0.